The second-order valence-corrected chi connectivity index (χ2v) is 4.09. The van der Waals surface area contributed by atoms with Crippen LogP contribution in [-0.4, -0.2) is 13.2 Å². The summed E-state index contributed by atoms with van der Waals surface area (Å²) in [5.41, 5.74) is 3.79. The van der Waals surface area contributed by atoms with E-state index in [4.69, 9.17) is 17.0 Å². The fourth-order valence-electron chi connectivity index (χ4n) is 2.01. The molecule has 0 aliphatic carbocycles. The first-order valence-electron chi connectivity index (χ1n) is 5.76. The zero-order valence-corrected chi connectivity index (χ0v) is 10.3. The van der Waals surface area contributed by atoms with E-state index >= 15 is 0 Å². The van der Waals surface area contributed by atoms with Crippen LogP contribution in [0.2, 0.25) is 0 Å². The molecule has 0 bridgehead atoms. The van der Waals surface area contributed by atoms with E-state index in [1.165, 1.54) is 5.39 Å². The van der Waals surface area contributed by atoms with Crippen LogP contribution in [0, 0.1) is 12.3 Å². The Bertz CT molecular complexity index is 587. The van der Waals surface area contributed by atoms with E-state index in [1.54, 1.807) is 7.11 Å². The van der Waals surface area contributed by atoms with Crippen LogP contribution in [0.3, 0.4) is 0 Å². The van der Waals surface area contributed by atoms with Gasteiger partial charge in [0.05, 0.1) is 13.2 Å². The SMILES string of the molecule is C#CC(Cc1cccc2ccc(OC)cc12)NN. The molecule has 2 aromatic carbocycles. The predicted octanol–water partition coefficient (Wildman–Crippen LogP) is 1.86. The minimum Gasteiger partial charge on any atom is -0.497 e. The predicted molar refractivity (Wildman–Crippen MR) is 74.1 cm³/mol. The molecule has 0 radical (unpaired) electrons. The van der Waals surface area contributed by atoms with Crippen molar-refractivity contribution in [3.63, 3.8) is 0 Å². The summed E-state index contributed by atoms with van der Waals surface area (Å²) in [6, 6.07) is 12.0. The summed E-state index contributed by atoms with van der Waals surface area (Å²) in [5.74, 6) is 8.88. The summed E-state index contributed by atoms with van der Waals surface area (Å²) in [6.07, 6.45) is 6.11. The largest absolute Gasteiger partial charge is 0.497 e. The third-order valence-electron chi connectivity index (χ3n) is 3.01. The average Bonchev–Trinajstić information content (AvgIpc) is 2.44. The lowest BCUT2D eigenvalue weighted by Gasteiger charge is -2.12. The molecular weight excluding hydrogens is 224 g/mol. The highest BCUT2D eigenvalue weighted by atomic mass is 16.5. The van der Waals surface area contributed by atoms with E-state index < -0.39 is 0 Å². The second kappa shape index (κ2) is 5.54. The number of hydrazine groups is 1. The molecule has 18 heavy (non-hydrogen) atoms. The van der Waals surface area contributed by atoms with Gasteiger partial charge < -0.3 is 4.74 Å². The molecule has 3 N–H and O–H groups in total. The van der Waals surface area contributed by atoms with Crippen molar-refractivity contribution in [3.8, 4) is 18.1 Å². The van der Waals surface area contributed by atoms with Crippen LogP contribution in [0.25, 0.3) is 10.8 Å². The number of nitrogens with one attached hydrogen (secondary N) is 1. The number of hydrogen-bond acceptors (Lipinski definition) is 3. The van der Waals surface area contributed by atoms with Crippen molar-refractivity contribution < 1.29 is 4.74 Å². The Hall–Kier alpha value is -2.02. The number of terminal acetylenes is 1. The third-order valence-corrected chi connectivity index (χ3v) is 3.01. The van der Waals surface area contributed by atoms with Crippen molar-refractivity contribution in [2.75, 3.05) is 7.11 Å². The molecule has 0 spiro atoms. The van der Waals surface area contributed by atoms with E-state index in [0.717, 1.165) is 16.7 Å². The molecule has 1 unspecified atom stereocenters. The summed E-state index contributed by atoms with van der Waals surface area (Å²) in [4.78, 5) is 0. The molecule has 0 aliphatic heterocycles. The van der Waals surface area contributed by atoms with Crippen molar-refractivity contribution in [1.82, 2.24) is 5.43 Å². The maximum absolute atomic E-state index is 5.41. The van der Waals surface area contributed by atoms with E-state index in [2.05, 4.69) is 23.5 Å². The molecule has 0 saturated carbocycles. The average molecular weight is 240 g/mol. The molecule has 3 nitrogen and oxygen atoms in total. The van der Waals surface area contributed by atoms with Gasteiger partial charge in [0.25, 0.3) is 0 Å². The van der Waals surface area contributed by atoms with Crippen LogP contribution in [0.1, 0.15) is 5.56 Å². The number of hydrogen-bond donors (Lipinski definition) is 2. The van der Waals surface area contributed by atoms with E-state index in [-0.39, 0.29) is 6.04 Å². The van der Waals surface area contributed by atoms with Gasteiger partial charge in [-0.2, -0.15) is 0 Å². The van der Waals surface area contributed by atoms with E-state index in [1.807, 2.05) is 24.3 Å². The summed E-state index contributed by atoms with van der Waals surface area (Å²) in [5, 5.41) is 2.31. The molecule has 3 heteroatoms. The van der Waals surface area contributed by atoms with Gasteiger partial charge in [0, 0.05) is 6.42 Å². The minimum atomic E-state index is -0.165. The molecular formula is C15H16N2O. The van der Waals surface area contributed by atoms with Gasteiger partial charge in [-0.15, -0.1) is 6.42 Å². The standard InChI is InChI=1S/C15H16N2O/c1-3-13(17-16)9-12-6-4-5-11-7-8-14(18-2)10-15(11)12/h1,4-8,10,13,17H,9,16H2,2H3. The topological polar surface area (TPSA) is 47.3 Å². The van der Waals surface area contributed by atoms with Crippen molar-refractivity contribution in [1.29, 1.82) is 0 Å². The number of ether oxygens (including phenoxy) is 1. The van der Waals surface area contributed by atoms with E-state index in [0.29, 0.717) is 6.42 Å². The number of benzene rings is 2. The lowest BCUT2D eigenvalue weighted by molar-refractivity contribution is 0.415. The Labute approximate surface area is 107 Å². The van der Waals surface area contributed by atoms with Gasteiger partial charge in [0.2, 0.25) is 0 Å². The van der Waals surface area contributed by atoms with Crippen LogP contribution in [0.15, 0.2) is 36.4 Å². The van der Waals surface area contributed by atoms with Crippen LogP contribution >= 0.6 is 0 Å². The van der Waals surface area contributed by atoms with Crippen LogP contribution < -0.4 is 16.0 Å². The molecule has 2 aromatic rings. The molecule has 0 fully saturated rings. The molecule has 2 rings (SSSR count). The van der Waals surface area contributed by atoms with Crippen LogP contribution in [-0.2, 0) is 6.42 Å². The molecule has 1 atom stereocenters. The highest BCUT2D eigenvalue weighted by Gasteiger charge is 2.07. The molecule has 0 amide bonds. The Morgan fingerprint density at radius 1 is 1.39 bits per heavy atom. The Balaban J connectivity index is 2.46. The Morgan fingerprint density at radius 2 is 2.22 bits per heavy atom. The molecule has 0 aliphatic rings. The van der Waals surface area contributed by atoms with Gasteiger partial charge >= 0.3 is 0 Å². The molecule has 0 heterocycles. The first-order valence-corrected chi connectivity index (χ1v) is 5.76. The van der Waals surface area contributed by atoms with Gasteiger partial charge in [0.15, 0.2) is 0 Å². The van der Waals surface area contributed by atoms with Gasteiger partial charge in [-0.25, -0.2) is 5.43 Å². The fraction of sp³-hybridized carbons (Fsp3) is 0.200. The number of rotatable bonds is 4. The molecule has 92 valence electrons. The highest BCUT2D eigenvalue weighted by molar-refractivity contribution is 5.87. The number of methoxy groups -OCH3 is 1. The van der Waals surface area contributed by atoms with Crippen LogP contribution in [0.4, 0.5) is 0 Å². The zero-order chi connectivity index (χ0) is 13.0. The minimum absolute atomic E-state index is 0.165. The summed E-state index contributed by atoms with van der Waals surface area (Å²) in [6.45, 7) is 0. The first-order chi connectivity index (χ1) is 8.78. The highest BCUT2D eigenvalue weighted by Crippen LogP contribution is 2.24. The summed E-state index contributed by atoms with van der Waals surface area (Å²) >= 11 is 0. The fourth-order valence-corrected chi connectivity index (χ4v) is 2.01. The smallest absolute Gasteiger partial charge is 0.119 e. The normalized spacial score (nSPS) is 12.1. The maximum atomic E-state index is 5.41. The zero-order valence-electron chi connectivity index (χ0n) is 10.3. The quantitative estimate of drug-likeness (QED) is 0.487. The van der Waals surface area contributed by atoms with Gasteiger partial charge in [-0.05, 0) is 28.5 Å². The van der Waals surface area contributed by atoms with E-state index in [9.17, 15) is 0 Å². The number of nitrogens with two attached hydrogens (primary N) is 1. The van der Waals surface area contributed by atoms with Crippen LogP contribution in [0.5, 0.6) is 5.75 Å². The Morgan fingerprint density at radius 3 is 2.89 bits per heavy atom. The molecule has 0 saturated heterocycles. The van der Waals surface area contributed by atoms with Crippen molar-refractivity contribution in [3.05, 3.63) is 42.0 Å². The van der Waals surface area contributed by atoms with Gasteiger partial charge in [-0.3, -0.25) is 5.84 Å². The summed E-state index contributed by atoms with van der Waals surface area (Å²) < 4.78 is 5.25. The Kier molecular flexibility index (Phi) is 3.83. The maximum Gasteiger partial charge on any atom is 0.119 e. The first kappa shape index (κ1) is 12.4. The number of fused-ring (bicyclic) bond motifs is 1. The monoisotopic (exact) mass is 240 g/mol. The van der Waals surface area contributed by atoms with Crippen molar-refractivity contribution in [2.24, 2.45) is 5.84 Å². The van der Waals surface area contributed by atoms with Crippen molar-refractivity contribution in [2.45, 2.75) is 12.5 Å². The third kappa shape index (κ3) is 2.45. The second-order valence-electron chi connectivity index (χ2n) is 4.09. The molecule has 0 aromatic heterocycles. The van der Waals surface area contributed by atoms with Gasteiger partial charge in [0.1, 0.15) is 5.75 Å². The van der Waals surface area contributed by atoms with Crippen molar-refractivity contribution >= 4 is 10.8 Å². The van der Waals surface area contributed by atoms with Gasteiger partial charge in [-0.1, -0.05) is 30.2 Å². The lowest BCUT2D eigenvalue weighted by Crippen LogP contribution is -2.35. The summed E-state index contributed by atoms with van der Waals surface area (Å²) in [7, 11) is 1.66. The lowest BCUT2D eigenvalue weighted by atomic mass is 9.99.